The highest BCUT2D eigenvalue weighted by Crippen LogP contribution is 2.12. The molecule has 0 atom stereocenters. The van der Waals surface area contributed by atoms with Crippen LogP contribution < -0.4 is 10.1 Å². The molecule has 0 aliphatic rings. The van der Waals surface area contributed by atoms with Crippen LogP contribution in [0.3, 0.4) is 0 Å². The molecule has 0 radical (unpaired) electrons. The first-order chi connectivity index (χ1) is 12.1. The van der Waals surface area contributed by atoms with E-state index in [2.05, 4.69) is 48.1 Å². The number of aromatic nitrogens is 1. The molecule has 2 rings (SSSR count). The predicted molar refractivity (Wildman–Crippen MR) is 106 cm³/mol. The number of guanidine groups is 1. The van der Waals surface area contributed by atoms with E-state index in [9.17, 15) is 0 Å². The lowest BCUT2D eigenvalue weighted by molar-refractivity contribution is 0.281. The van der Waals surface area contributed by atoms with Crippen LogP contribution in [0.15, 0.2) is 35.5 Å². The number of thiazole rings is 1. The molecule has 6 heteroatoms. The molecule has 0 saturated carbocycles. The van der Waals surface area contributed by atoms with Gasteiger partial charge in [0.05, 0.1) is 11.6 Å². The van der Waals surface area contributed by atoms with Crippen LogP contribution in [0.2, 0.25) is 0 Å². The van der Waals surface area contributed by atoms with Crippen LogP contribution in [0, 0.1) is 13.8 Å². The lowest BCUT2D eigenvalue weighted by Crippen LogP contribution is -2.41. The monoisotopic (exact) mass is 360 g/mol. The van der Waals surface area contributed by atoms with Crippen LogP contribution in [-0.2, 0) is 6.42 Å². The van der Waals surface area contributed by atoms with Crippen molar-refractivity contribution in [1.29, 1.82) is 0 Å². The Morgan fingerprint density at radius 3 is 2.68 bits per heavy atom. The number of ether oxygens (including phenoxy) is 1. The van der Waals surface area contributed by atoms with Gasteiger partial charge in [-0.15, -0.1) is 11.3 Å². The van der Waals surface area contributed by atoms with Crippen molar-refractivity contribution < 1.29 is 4.74 Å². The summed E-state index contributed by atoms with van der Waals surface area (Å²) in [5, 5.41) is 4.47. The van der Waals surface area contributed by atoms with E-state index >= 15 is 0 Å². The standard InChI is InChI=1S/C19H28N4OS/c1-5-20-19(21-11-10-18-22-14-16(3)25-18)23(4)12-13-24-17-8-6-15(2)7-9-17/h6-9,14H,5,10-13H2,1-4H3,(H,20,21). The van der Waals surface area contributed by atoms with Gasteiger partial charge in [0, 0.05) is 37.6 Å². The molecule has 5 nitrogen and oxygen atoms in total. The maximum Gasteiger partial charge on any atom is 0.193 e. The fraction of sp³-hybridized carbons (Fsp3) is 0.474. The number of rotatable bonds is 8. The molecule has 1 N–H and O–H groups in total. The summed E-state index contributed by atoms with van der Waals surface area (Å²) in [5.41, 5.74) is 1.24. The normalized spacial score (nSPS) is 11.4. The highest BCUT2D eigenvalue weighted by atomic mass is 32.1. The first-order valence-electron chi connectivity index (χ1n) is 8.68. The second-order valence-corrected chi connectivity index (χ2v) is 7.25. The van der Waals surface area contributed by atoms with Crippen molar-refractivity contribution in [1.82, 2.24) is 15.2 Å². The molecule has 0 aliphatic carbocycles. The van der Waals surface area contributed by atoms with Gasteiger partial charge in [-0.2, -0.15) is 0 Å². The number of hydrogen-bond donors (Lipinski definition) is 1. The number of likely N-dealkylation sites (N-methyl/N-ethyl adjacent to an activating group) is 1. The Kier molecular flexibility index (Phi) is 7.73. The molecule has 0 unspecified atom stereocenters. The Bertz CT molecular complexity index is 666. The Morgan fingerprint density at radius 2 is 2.04 bits per heavy atom. The van der Waals surface area contributed by atoms with Gasteiger partial charge >= 0.3 is 0 Å². The summed E-state index contributed by atoms with van der Waals surface area (Å²) in [6, 6.07) is 8.13. The molecule has 0 saturated heterocycles. The topological polar surface area (TPSA) is 49.8 Å². The van der Waals surface area contributed by atoms with Crippen molar-refractivity contribution >= 4 is 17.3 Å². The van der Waals surface area contributed by atoms with E-state index in [1.54, 1.807) is 11.3 Å². The Morgan fingerprint density at radius 1 is 1.28 bits per heavy atom. The van der Waals surface area contributed by atoms with Crippen LogP contribution in [0.1, 0.15) is 22.4 Å². The van der Waals surface area contributed by atoms with E-state index in [1.165, 1.54) is 10.4 Å². The maximum atomic E-state index is 5.80. The second kappa shape index (κ2) is 10.0. The van der Waals surface area contributed by atoms with E-state index in [0.717, 1.165) is 42.8 Å². The quantitative estimate of drug-likeness (QED) is 0.580. The number of benzene rings is 1. The molecule has 25 heavy (non-hydrogen) atoms. The zero-order valence-corrected chi connectivity index (χ0v) is 16.4. The minimum absolute atomic E-state index is 0.621. The Balaban J connectivity index is 1.80. The summed E-state index contributed by atoms with van der Waals surface area (Å²) >= 11 is 1.74. The van der Waals surface area contributed by atoms with Crippen molar-refractivity contribution in [3.63, 3.8) is 0 Å². The summed E-state index contributed by atoms with van der Waals surface area (Å²) in [6.07, 6.45) is 2.80. The molecule has 0 bridgehead atoms. The molecule has 2 aromatic rings. The average molecular weight is 361 g/mol. The molecular weight excluding hydrogens is 332 g/mol. The van der Waals surface area contributed by atoms with Crippen molar-refractivity contribution in [3.05, 3.63) is 45.9 Å². The van der Waals surface area contributed by atoms with E-state index < -0.39 is 0 Å². The summed E-state index contributed by atoms with van der Waals surface area (Å²) in [5.74, 6) is 1.81. The smallest absolute Gasteiger partial charge is 0.193 e. The summed E-state index contributed by atoms with van der Waals surface area (Å²) in [4.78, 5) is 12.4. The lowest BCUT2D eigenvalue weighted by atomic mass is 10.2. The first kappa shape index (κ1) is 19.2. The van der Waals surface area contributed by atoms with Gasteiger partial charge in [0.15, 0.2) is 5.96 Å². The van der Waals surface area contributed by atoms with Crippen molar-refractivity contribution in [2.45, 2.75) is 27.2 Å². The molecule has 0 spiro atoms. The zero-order valence-electron chi connectivity index (χ0n) is 15.6. The van der Waals surface area contributed by atoms with Crippen LogP contribution in [0.5, 0.6) is 5.75 Å². The number of aryl methyl sites for hydroxylation is 2. The molecular formula is C19H28N4OS. The summed E-state index contributed by atoms with van der Waals surface area (Å²) < 4.78 is 5.80. The van der Waals surface area contributed by atoms with Gasteiger partial charge < -0.3 is 15.0 Å². The Labute approximate surface area is 154 Å². The largest absolute Gasteiger partial charge is 0.492 e. The molecule has 0 amide bonds. The zero-order chi connectivity index (χ0) is 18.1. The van der Waals surface area contributed by atoms with Gasteiger partial charge in [-0.3, -0.25) is 4.99 Å². The van der Waals surface area contributed by atoms with E-state index in [4.69, 9.17) is 9.73 Å². The van der Waals surface area contributed by atoms with Crippen molar-refractivity contribution in [2.75, 3.05) is 33.3 Å². The number of nitrogens with one attached hydrogen (secondary N) is 1. The Hall–Kier alpha value is -2.08. The average Bonchev–Trinajstić information content (AvgIpc) is 3.01. The third kappa shape index (κ3) is 6.74. The third-order valence-corrected chi connectivity index (χ3v) is 4.64. The fourth-order valence-corrected chi connectivity index (χ4v) is 3.06. The van der Waals surface area contributed by atoms with Gasteiger partial charge in [-0.25, -0.2) is 4.98 Å². The second-order valence-electron chi connectivity index (χ2n) is 5.93. The van der Waals surface area contributed by atoms with Gasteiger partial charge in [0.1, 0.15) is 12.4 Å². The maximum absolute atomic E-state index is 5.80. The van der Waals surface area contributed by atoms with Gasteiger partial charge in [-0.05, 0) is 32.9 Å². The van der Waals surface area contributed by atoms with E-state index in [1.807, 2.05) is 25.4 Å². The minimum Gasteiger partial charge on any atom is -0.492 e. The van der Waals surface area contributed by atoms with E-state index in [0.29, 0.717) is 6.61 Å². The van der Waals surface area contributed by atoms with Gasteiger partial charge in [0.25, 0.3) is 0 Å². The molecule has 0 fully saturated rings. The predicted octanol–water partition coefficient (Wildman–Crippen LogP) is 3.28. The van der Waals surface area contributed by atoms with Crippen molar-refractivity contribution in [2.24, 2.45) is 4.99 Å². The SMILES string of the molecule is CCNC(=NCCc1ncc(C)s1)N(C)CCOc1ccc(C)cc1. The minimum atomic E-state index is 0.621. The molecule has 1 aromatic heterocycles. The van der Waals surface area contributed by atoms with E-state index in [-0.39, 0.29) is 0 Å². The highest BCUT2D eigenvalue weighted by molar-refractivity contribution is 7.11. The van der Waals surface area contributed by atoms with Gasteiger partial charge in [-0.1, -0.05) is 17.7 Å². The fourth-order valence-electron chi connectivity index (χ4n) is 2.28. The van der Waals surface area contributed by atoms with Crippen LogP contribution in [-0.4, -0.2) is 49.1 Å². The molecule has 1 aromatic carbocycles. The third-order valence-electron chi connectivity index (χ3n) is 3.67. The van der Waals surface area contributed by atoms with Crippen molar-refractivity contribution in [3.8, 4) is 5.75 Å². The first-order valence-corrected chi connectivity index (χ1v) is 9.50. The number of nitrogens with zero attached hydrogens (tertiary/aromatic N) is 3. The molecule has 0 aliphatic heterocycles. The summed E-state index contributed by atoms with van der Waals surface area (Å²) in [6.45, 7) is 9.21. The number of hydrogen-bond acceptors (Lipinski definition) is 4. The van der Waals surface area contributed by atoms with Crippen LogP contribution in [0.4, 0.5) is 0 Å². The molecule has 1 heterocycles. The summed E-state index contributed by atoms with van der Waals surface area (Å²) in [7, 11) is 2.04. The number of aliphatic imine (C=N–C) groups is 1. The highest BCUT2D eigenvalue weighted by Gasteiger charge is 2.06. The lowest BCUT2D eigenvalue weighted by Gasteiger charge is -2.22. The molecule has 136 valence electrons. The van der Waals surface area contributed by atoms with Gasteiger partial charge in [0.2, 0.25) is 0 Å². The van der Waals surface area contributed by atoms with Crippen LogP contribution >= 0.6 is 11.3 Å². The van der Waals surface area contributed by atoms with Crippen LogP contribution in [0.25, 0.3) is 0 Å².